The number of hydrogen-bond acceptors (Lipinski definition) is 4. The smallest absolute Gasteiger partial charge is 0.240 e. The lowest BCUT2D eigenvalue weighted by Gasteiger charge is -2.36. The van der Waals surface area contributed by atoms with E-state index in [1.165, 1.54) is 24.3 Å². The molecule has 0 unspecified atom stereocenters. The maximum absolute atomic E-state index is 12.3. The van der Waals surface area contributed by atoms with Crippen molar-refractivity contribution in [3.05, 3.63) is 24.3 Å². The van der Waals surface area contributed by atoms with Crippen molar-refractivity contribution in [3.63, 3.8) is 0 Å². The Morgan fingerprint density at radius 3 is 2.25 bits per heavy atom. The Bertz CT molecular complexity index is 546. The largest absolute Gasteiger partial charge is 0.508 e. The molecule has 5 nitrogen and oxygen atoms in total. The van der Waals surface area contributed by atoms with Crippen LogP contribution in [0.4, 0.5) is 0 Å². The van der Waals surface area contributed by atoms with Crippen molar-refractivity contribution in [2.75, 3.05) is 20.6 Å². The standard InChI is InChI=1S/C14H22N2O3S/c1-16(2)14(9-3-4-10-14)11-15-20(18,19)13-7-5-12(17)6-8-13/h5-8,15,17H,3-4,9-11H2,1-2H3. The van der Waals surface area contributed by atoms with E-state index >= 15 is 0 Å². The molecule has 2 rings (SSSR count). The van der Waals surface area contributed by atoms with Crippen LogP contribution in [-0.2, 0) is 10.0 Å². The maximum Gasteiger partial charge on any atom is 0.240 e. The van der Waals surface area contributed by atoms with Crippen molar-refractivity contribution in [2.45, 2.75) is 36.1 Å². The van der Waals surface area contributed by atoms with Crippen LogP contribution in [-0.4, -0.2) is 44.6 Å². The fourth-order valence-electron chi connectivity index (χ4n) is 2.75. The molecule has 0 radical (unpaired) electrons. The normalized spacial score (nSPS) is 18.6. The number of sulfonamides is 1. The van der Waals surface area contributed by atoms with E-state index in [4.69, 9.17) is 0 Å². The lowest BCUT2D eigenvalue weighted by atomic mass is 9.97. The maximum atomic E-state index is 12.3. The molecule has 1 aromatic rings. The summed E-state index contributed by atoms with van der Waals surface area (Å²) in [5, 5.41) is 9.22. The summed E-state index contributed by atoms with van der Waals surface area (Å²) >= 11 is 0. The summed E-state index contributed by atoms with van der Waals surface area (Å²) in [5.41, 5.74) is -0.0794. The predicted molar refractivity (Wildman–Crippen MR) is 78.2 cm³/mol. The van der Waals surface area contributed by atoms with E-state index in [1.54, 1.807) is 0 Å². The number of phenols is 1. The third kappa shape index (κ3) is 3.13. The van der Waals surface area contributed by atoms with Crippen molar-refractivity contribution >= 4 is 10.0 Å². The molecule has 1 aromatic carbocycles. The number of benzene rings is 1. The number of aromatic hydroxyl groups is 1. The van der Waals surface area contributed by atoms with Gasteiger partial charge in [0.2, 0.25) is 10.0 Å². The first-order chi connectivity index (χ1) is 9.36. The molecule has 0 bridgehead atoms. The quantitative estimate of drug-likeness (QED) is 0.865. The molecule has 2 N–H and O–H groups in total. The van der Waals surface area contributed by atoms with Gasteiger partial charge in [-0.05, 0) is 51.2 Å². The zero-order chi connectivity index (χ0) is 14.8. The SMILES string of the molecule is CN(C)C1(CNS(=O)(=O)c2ccc(O)cc2)CCCC1. The summed E-state index contributed by atoms with van der Waals surface area (Å²) < 4.78 is 27.2. The molecule has 1 aliphatic carbocycles. The van der Waals surface area contributed by atoms with Crippen LogP contribution in [0.5, 0.6) is 5.75 Å². The second-order valence-electron chi connectivity index (χ2n) is 5.64. The van der Waals surface area contributed by atoms with E-state index in [2.05, 4.69) is 9.62 Å². The molecule has 0 aromatic heterocycles. The Morgan fingerprint density at radius 1 is 1.20 bits per heavy atom. The monoisotopic (exact) mass is 298 g/mol. The minimum absolute atomic E-state index is 0.0597. The summed E-state index contributed by atoms with van der Waals surface area (Å²) in [7, 11) is 0.476. The molecule has 20 heavy (non-hydrogen) atoms. The van der Waals surface area contributed by atoms with Gasteiger partial charge in [0.25, 0.3) is 0 Å². The van der Waals surface area contributed by atoms with Crippen LogP contribution in [0.15, 0.2) is 29.2 Å². The number of rotatable bonds is 5. The van der Waals surface area contributed by atoms with Gasteiger partial charge < -0.3 is 10.0 Å². The average molecular weight is 298 g/mol. The third-order valence-corrected chi connectivity index (χ3v) is 5.64. The molecule has 1 aliphatic rings. The van der Waals surface area contributed by atoms with Gasteiger partial charge in [0.15, 0.2) is 0 Å². The zero-order valence-corrected chi connectivity index (χ0v) is 12.8. The van der Waals surface area contributed by atoms with Crippen molar-refractivity contribution in [1.29, 1.82) is 0 Å². The number of hydrogen-bond donors (Lipinski definition) is 2. The number of nitrogens with one attached hydrogen (secondary N) is 1. The molecular formula is C14H22N2O3S. The molecule has 1 saturated carbocycles. The summed E-state index contributed by atoms with van der Waals surface area (Å²) in [6.45, 7) is 0.420. The minimum Gasteiger partial charge on any atom is -0.508 e. The average Bonchev–Trinajstić information content (AvgIpc) is 2.87. The lowest BCUT2D eigenvalue weighted by Crippen LogP contribution is -2.50. The van der Waals surface area contributed by atoms with E-state index < -0.39 is 10.0 Å². The Labute approximate surface area is 120 Å². The number of nitrogens with zero attached hydrogens (tertiary/aromatic N) is 1. The van der Waals surface area contributed by atoms with Crippen LogP contribution in [0.2, 0.25) is 0 Å². The Kier molecular flexibility index (Phi) is 4.36. The van der Waals surface area contributed by atoms with E-state index in [-0.39, 0.29) is 16.2 Å². The number of phenolic OH excluding ortho intramolecular Hbond substituents is 1. The lowest BCUT2D eigenvalue weighted by molar-refractivity contribution is 0.162. The van der Waals surface area contributed by atoms with Crippen LogP contribution >= 0.6 is 0 Å². The van der Waals surface area contributed by atoms with Gasteiger partial charge in [-0.3, -0.25) is 0 Å². The Hall–Kier alpha value is -1.11. The van der Waals surface area contributed by atoms with E-state index in [0.717, 1.165) is 25.7 Å². The molecular weight excluding hydrogens is 276 g/mol. The van der Waals surface area contributed by atoms with Crippen molar-refractivity contribution in [2.24, 2.45) is 0 Å². The van der Waals surface area contributed by atoms with E-state index in [9.17, 15) is 13.5 Å². The molecule has 112 valence electrons. The third-order valence-electron chi connectivity index (χ3n) is 4.22. The highest BCUT2D eigenvalue weighted by atomic mass is 32.2. The van der Waals surface area contributed by atoms with Gasteiger partial charge in [-0.15, -0.1) is 0 Å². The fraction of sp³-hybridized carbons (Fsp3) is 0.571. The summed E-state index contributed by atoms with van der Waals surface area (Å²) in [5.74, 6) is 0.0597. The predicted octanol–water partition coefficient (Wildman–Crippen LogP) is 1.54. The highest BCUT2D eigenvalue weighted by Crippen LogP contribution is 2.33. The highest BCUT2D eigenvalue weighted by molar-refractivity contribution is 7.89. The van der Waals surface area contributed by atoms with Crippen LogP contribution in [0.1, 0.15) is 25.7 Å². The van der Waals surface area contributed by atoms with Gasteiger partial charge in [0.05, 0.1) is 4.90 Å². The van der Waals surface area contributed by atoms with Crippen LogP contribution in [0, 0.1) is 0 Å². The summed E-state index contributed by atoms with van der Waals surface area (Å²) in [6.07, 6.45) is 4.30. The summed E-state index contributed by atoms with van der Waals surface area (Å²) in [4.78, 5) is 2.31. The first kappa shape index (κ1) is 15.3. The zero-order valence-electron chi connectivity index (χ0n) is 12.0. The van der Waals surface area contributed by atoms with Gasteiger partial charge in [0, 0.05) is 12.1 Å². The van der Waals surface area contributed by atoms with Crippen LogP contribution < -0.4 is 4.72 Å². The van der Waals surface area contributed by atoms with Gasteiger partial charge in [-0.1, -0.05) is 12.8 Å². The van der Waals surface area contributed by atoms with Crippen LogP contribution in [0.25, 0.3) is 0 Å². The van der Waals surface area contributed by atoms with Gasteiger partial charge in [-0.25, -0.2) is 13.1 Å². The molecule has 0 heterocycles. The minimum atomic E-state index is -3.52. The molecule has 1 fully saturated rings. The second kappa shape index (κ2) is 5.71. The molecule has 0 aliphatic heterocycles. The fourth-order valence-corrected chi connectivity index (χ4v) is 3.87. The Morgan fingerprint density at radius 2 is 1.75 bits per heavy atom. The van der Waals surface area contributed by atoms with E-state index in [0.29, 0.717) is 6.54 Å². The summed E-state index contributed by atoms with van der Waals surface area (Å²) in [6, 6.07) is 5.58. The molecule has 0 atom stereocenters. The first-order valence-corrected chi connectivity index (χ1v) is 8.30. The van der Waals surface area contributed by atoms with Crippen molar-refractivity contribution < 1.29 is 13.5 Å². The highest BCUT2D eigenvalue weighted by Gasteiger charge is 2.36. The molecule has 0 saturated heterocycles. The van der Waals surface area contributed by atoms with Gasteiger partial charge in [-0.2, -0.15) is 0 Å². The van der Waals surface area contributed by atoms with Gasteiger partial charge in [0.1, 0.15) is 5.75 Å². The van der Waals surface area contributed by atoms with Crippen molar-refractivity contribution in [1.82, 2.24) is 9.62 Å². The molecule has 0 amide bonds. The number of likely N-dealkylation sites (N-methyl/N-ethyl adjacent to an activating group) is 1. The second-order valence-corrected chi connectivity index (χ2v) is 7.41. The van der Waals surface area contributed by atoms with E-state index in [1.807, 2.05) is 14.1 Å². The van der Waals surface area contributed by atoms with Crippen LogP contribution in [0.3, 0.4) is 0 Å². The topological polar surface area (TPSA) is 69.6 Å². The van der Waals surface area contributed by atoms with Crippen molar-refractivity contribution in [3.8, 4) is 5.75 Å². The Balaban J connectivity index is 2.11. The molecule has 0 spiro atoms. The first-order valence-electron chi connectivity index (χ1n) is 6.82. The molecule has 6 heteroatoms. The van der Waals surface area contributed by atoms with Gasteiger partial charge >= 0.3 is 0 Å².